The Bertz CT molecular complexity index is 410. The van der Waals surface area contributed by atoms with Gasteiger partial charge in [-0.1, -0.05) is 19.1 Å². The first-order valence-corrected chi connectivity index (χ1v) is 7.57. The van der Waals surface area contributed by atoms with Crippen LogP contribution in [0.4, 0.5) is 0 Å². The van der Waals surface area contributed by atoms with E-state index in [4.69, 9.17) is 10.5 Å². The predicted octanol–water partition coefficient (Wildman–Crippen LogP) is 1.55. The Hall–Kier alpha value is -1.10. The van der Waals surface area contributed by atoms with Crippen LogP contribution in [0.1, 0.15) is 18.9 Å². The lowest BCUT2D eigenvalue weighted by molar-refractivity contribution is 0.0824. The Morgan fingerprint density at radius 3 is 2.95 bits per heavy atom. The van der Waals surface area contributed by atoms with Gasteiger partial charge in [0.15, 0.2) is 0 Å². The molecule has 0 spiro atoms. The van der Waals surface area contributed by atoms with E-state index in [9.17, 15) is 0 Å². The number of nitrogens with zero attached hydrogens (tertiary/aromatic N) is 2. The van der Waals surface area contributed by atoms with Crippen molar-refractivity contribution >= 4 is 0 Å². The summed E-state index contributed by atoms with van der Waals surface area (Å²) in [5, 5.41) is 0. The molecule has 1 aliphatic heterocycles. The summed E-state index contributed by atoms with van der Waals surface area (Å²) >= 11 is 0. The number of hydrogen-bond acceptors (Lipinski definition) is 4. The fourth-order valence-corrected chi connectivity index (χ4v) is 2.71. The van der Waals surface area contributed by atoms with E-state index in [1.54, 1.807) is 0 Å². The van der Waals surface area contributed by atoms with Crippen molar-refractivity contribution in [2.24, 2.45) is 5.73 Å². The molecule has 0 aliphatic carbocycles. The summed E-state index contributed by atoms with van der Waals surface area (Å²) in [6.45, 7) is 8.01. The van der Waals surface area contributed by atoms with Gasteiger partial charge in [-0.3, -0.25) is 4.90 Å². The van der Waals surface area contributed by atoms with E-state index in [0.717, 1.165) is 44.1 Å². The second kappa shape index (κ2) is 7.62. The Labute approximate surface area is 122 Å². The van der Waals surface area contributed by atoms with E-state index in [2.05, 4.69) is 23.8 Å². The largest absolute Gasteiger partial charge is 0.492 e. The zero-order valence-corrected chi connectivity index (χ0v) is 12.7. The van der Waals surface area contributed by atoms with Crippen LogP contribution in [0.3, 0.4) is 0 Å². The summed E-state index contributed by atoms with van der Waals surface area (Å²) in [4.78, 5) is 4.96. The molecular weight excluding hydrogens is 250 g/mol. The predicted molar refractivity (Wildman–Crippen MR) is 83.0 cm³/mol. The highest BCUT2D eigenvalue weighted by atomic mass is 16.5. The molecule has 2 rings (SSSR count). The smallest absolute Gasteiger partial charge is 0.119 e. The first kappa shape index (κ1) is 15.3. The fraction of sp³-hybridized carbons (Fsp3) is 0.625. The highest BCUT2D eigenvalue weighted by Crippen LogP contribution is 2.14. The first-order chi connectivity index (χ1) is 9.72. The molecular formula is C16H27N3O. The molecule has 1 aliphatic rings. The molecule has 2 N–H and O–H groups in total. The summed E-state index contributed by atoms with van der Waals surface area (Å²) in [6, 6.07) is 8.74. The lowest BCUT2D eigenvalue weighted by atomic mass is 10.1. The van der Waals surface area contributed by atoms with Crippen molar-refractivity contribution in [1.29, 1.82) is 0 Å². The highest BCUT2D eigenvalue weighted by molar-refractivity contribution is 5.28. The van der Waals surface area contributed by atoms with Crippen LogP contribution in [0.5, 0.6) is 5.75 Å². The van der Waals surface area contributed by atoms with Gasteiger partial charge in [0.1, 0.15) is 12.4 Å². The third-order valence-electron chi connectivity index (χ3n) is 4.14. The maximum Gasteiger partial charge on any atom is 0.119 e. The van der Waals surface area contributed by atoms with Gasteiger partial charge in [0, 0.05) is 38.8 Å². The van der Waals surface area contributed by atoms with E-state index in [0.29, 0.717) is 12.6 Å². The molecule has 0 bridgehead atoms. The molecule has 0 aromatic heterocycles. The number of nitrogens with two attached hydrogens (primary N) is 1. The third-order valence-corrected chi connectivity index (χ3v) is 4.14. The number of benzene rings is 1. The minimum absolute atomic E-state index is 0.563. The highest BCUT2D eigenvalue weighted by Gasteiger charge is 2.22. The van der Waals surface area contributed by atoms with Gasteiger partial charge in [0.25, 0.3) is 0 Å². The molecule has 1 aromatic carbocycles. The summed E-state index contributed by atoms with van der Waals surface area (Å²) in [5.41, 5.74) is 6.76. The van der Waals surface area contributed by atoms with Crippen molar-refractivity contribution in [3.8, 4) is 5.75 Å². The van der Waals surface area contributed by atoms with Crippen molar-refractivity contribution in [1.82, 2.24) is 9.80 Å². The maximum atomic E-state index is 5.84. The minimum Gasteiger partial charge on any atom is -0.492 e. The molecule has 4 heteroatoms. The molecule has 1 atom stereocenters. The second-order valence-corrected chi connectivity index (χ2v) is 5.54. The molecule has 0 amide bonds. The molecule has 1 heterocycles. The van der Waals surface area contributed by atoms with Gasteiger partial charge in [-0.2, -0.15) is 0 Å². The van der Waals surface area contributed by atoms with Gasteiger partial charge in [-0.25, -0.2) is 0 Å². The van der Waals surface area contributed by atoms with Crippen molar-refractivity contribution in [2.75, 3.05) is 39.8 Å². The molecule has 20 heavy (non-hydrogen) atoms. The average Bonchev–Trinajstić information content (AvgIpc) is 2.49. The zero-order chi connectivity index (χ0) is 14.4. The van der Waals surface area contributed by atoms with E-state index >= 15 is 0 Å². The van der Waals surface area contributed by atoms with Crippen LogP contribution in [0.2, 0.25) is 0 Å². The molecule has 1 unspecified atom stereocenters. The van der Waals surface area contributed by atoms with E-state index in [1.165, 1.54) is 6.42 Å². The van der Waals surface area contributed by atoms with E-state index < -0.39 is 0 Å². The van der Waals surface area contributed by atoms with Crippen molar-refractivity contribution in [2.45, 2.75) is 25.9 Å². The summed E-state index contributed by atoms with van der Waals surface area (Å²) in [7, 11) is 2.22. The van der Waals surface area contributed by atoms with Crippen molar-refractivity contribution < 1.29 is 4.74 Å². The molecule has 1 fully saturated rings. The van der Waals surface area contributed by atoms with Gasteiger partial charge < -0.3 is 15.4 Å². The van der Waals surface area contributed by atoms with Gasteiger partial charge >= 0.3 is 0 Å². The van der Waals surface area contributed by atoms with Crippen LogP contribution in [0.15, 0.2) is 24.3 Å². The summed E-state index contributed by atoms with van der Waals surface area (Å²) in [6.07, 6.45) is 1.21. The van der Waals surface area contributed by atoms with E-state index in [1.807, 2.05) is 24.3 Å². The van der Waals surface area contributed by atoms with Crippen molar-refractivity contribution in [3.05, 3.63) is 29.8 Å². The lowest BCUT2D eigenvalue weighted by Gasteiger charge is -2.39. The lowest BCUT2D eigenvalue weighted by Crippen LogP contribution is -2.51. The normalized spacial score (nSPS) is 21.1. The first-order valence-electron chi connectivity index (χ1n) is 7.57. The van der Waals surface area contributed by atoms with Crippen molar-refractivity contribution in [3.63, 3.8) is 0 Å². The van der Waals surface area contributed by atoms with Crippen LogP contribution < -0.4 is 10.5 Å². The average molecular weight is 277 g/mol. The minimum atomic E-state index is 0.563. The number of rotatable bonds is 6. The zero-order valence-electron chi connectivity index (χ0n) is 12.7. The van der Waals surface area contributed by atoms with E-state index in [-0.39, 0.29) is 0 Å². The second-order valence-electron chi connectivity index (χ2n) is 5.54. The van der Waals surface area contributed by atoms with Crippen LogP contribution >= 0.6 is 0 Å². The van der Waals surface area contributed by atoms with Gasteiger partial charge in [-0.15, -0.1) is 0 Å². The summed E-state index contributed by atoms with van der Waals surface area (Å²) in [5.74, 6) is 0.925. The molecule has 0 radical (unpaired) electrons. The Kier molecular flexibility index (Phi) is 5.83. The Morgan fingerprint density at radius 1 is 1.35 bits per heavy atom. The Morgan fingerprint density at radius 2 is 2.20 bits per heavy atom. The van der Waals surface area contributed by atoms with Crippen LogP contribution in [0, 0.1) is 0 Å². The standard InChI is InChI=1S/C16H27N3O/c1-3-15-13-19(8-7-18(15)2)9-10-20-16-6-4-5-14(11-16)12-17/h4-6,11,15H,3,7-10,12-13,17H2,1-2H3. The van der Waals surface area contributed by atoms with Gasteiger partial charge in [0.05, 0.1) is 0 Å². The van der Waals surface area contributed by atoms with Crippen LogP contribution in [-0.2, 0) is 6.54 Å². The molecule has 0 saturated carbocycles. The van der Waals surface area contributed by atoms with Crippen LogP contribution in [0.25, 0.3) is 0 Å². The quantitative estimate of drug-likeness (QED) is 0.856. The summed E-state index contributed by atoms with van der Waals surface area (Å²) < 4.78 is 5.84. The number of piperazine rings is 1. The molecule has 112 valence electrons. The maximum absolute atomic E-state index is 5.84. The van der Waals surface area contributed by atoms with Crippen LogP contribution in [-0.4, -0.2) is 55.7 Å². The Balaban J connectivity index is 1.75. The SMILES string of the molecule is CCC1CN(CCOc2cccc(CN)c2)CCN1C. The number of ether oxygens (including phenoxy) is 1. The number of hydrogen-bond donors (Lipinski definition) is 1. The van der Waals surface area contributed by atoms with Gasteiger partial charge in [0.2, 0.25) is 0 Å². The topological polar surface area (TPSA) is 41.7 Å². The fourth-order valence-electron chi connectivity index (χ4n) is 2.71. The molecule has 1 saturated heterocycles. The molecule has 1 aromatic rings. The third kappa shape index (κ3) is 4.20. The molecule has 4 nitrogen and oxygen atoms in total. The number of likely N-dealkylation sites (N-methyl/N-ethyl adjacent to an activating group) is 1. The van der Waals surface area contributed by atoms with Gasteiger partial charge in [-0.05, 0) is 31.2 Å². The monoisotopic (exact) mass is 277 g/mol.